The fourth-order valence-electron chi connectivity index (χ4n) is 4.47. The molecule has 0 saturated carbocycles. The molecule has 13 heteroatoms. The molecule has 39 heavy (non-hydrogen) atoms. The topological polar surface area (TPSA) is 139 Å². The molecule has 0 unspecified atom stereocenters. The van der Waals surface area contributed by atoms with Crippen molar-refractivity contribution in [2.45, 2.75) is 13.0 Å². The number of methoxy groups -OCH3 is 1. The van der Waals surface area contributed by atoms with E-state index in [2.05, 4.69) is 19.9 Å². The molecular formula is C26H19F2N9O2. The van der Waals surface area contributed by atoms with Gasteiger partial charge in [-0.05, 0) is 36.8 Å². The van der Waals surface area contributed by atoms with Gasteiger partial charge in [0.05, 0.1) is 29.8 Å². The highest BCUT2D eigenvalue weighted by Gasteiger charge is 2.26. The van der Waals surface area contributed by atoms with Crippen LogP contribution in [0.25, 0.3) is 39.1 Å². The summed E-state index contributed by atoms with van der Waals surface area (Å²) in [6.07, 6.45) is 5.40. The van der Waals surface area contributed by atoms with E-state index in [1.54, 1.807) is 17.7 Å². The molecule has 0 amide bonds. The van der Waals surface area contributed by atoms with Gasteiger partial charge in [-0.3, -0.25) is 9.20 Å². The van der Waals surface area contributed by atoms with E-state index >= 15 is 0 Å². The van der Waals surface area contributed by atoms with Crippen molar-refractivity contribution < 1.29 is 13.5 Å². The molecule has 0 aliphatic carbocycles. The van der Waals surface area contributed by atoms with Gasteiger partial charge in [-0.15, -0.1) is 0 Å². The molecule has 1 atom stereocenters. The van der Waals surface area contributed by atoms with E-state index in [4.69, 9.17) is 20.6 Å². The smallest absolute Gasteiger partial charge is 0.316 e. The summed E-state index contributed by atoms with van der Waals surface area (Å²) in [7, 11) is 1.45. The maximum Gasteiger partial charge on any atom is 0.316 e. The lowest BCUT2D eigenvalue weighted by molar-refractivity contribution is 0.380. The predicted octanol–water partition coefficient (Wildman–Crippen LogP) is 3.44. The molecule has 6 aromatic rings. The van der Waals surface area contributed by atoms with Gasteiger partial charge < -0.3 is 10.5 Å². The van der Waals surface area contributed by atoms with Crippen LogP contribution in [0.5, 0.6) is 6.01 Å². The SMILES string of the molecule is COc1ncc(-c2nn([C@@H](C)c3nc4ccc(F)cn4c(=O)c3-c3cccc(F)c3)c3ncnc(N)c23)cn1. The zero-order valence-electron chi connectivity index (χ0n) is 20.6. The maximum atomic E-state index is 14.3. The molecule has 5 heterocycles. The number of aromatic nitrogens is 8. The molecule has 11 nitrogen and oxygen atoms in total. The first-order valence-electron chi connectivity index (χ1n) is 11.7. The molecule has 0 aliphatic rings. The highest BCUT2D eigenvalue weighted by atomic mass is 19.1. The molecule has 0 spiro atoms. The standard InChI is InChI=1S/C26H19F2N9O2/c1-13(37-24-20(23(29)32-12-33-24)22(35-37)15-9-30-26(39-2)31-10-15)21-19(14-4-3-5-16(27)8-14)25(38)36-11-17(28)6-7-18(36)34-21/h3-13H,1-2H3,(H2,29,32,33)/t13-/m0/s1. The quantitative estimate of drug-likeness (QED) is 0.357. The van der Waals surface area contributed by atoms with Crippen molar-refractivity contribution in [3.63, 3.8) is 0 Å². The number of anilines is 1. The first-order chi connectivity index (χ1) is 18.9. The average Bonchev–Trinajstić information content (AvgIpc) is 3.34. The molecule has 1 aromatic carbocycles. The molecule has 2 N–H and O–H groups in total. The van der Waals surface area contributed by atoms with Crippen molar-refractivity contribution in [3.05, 3.63) is 89.0 Å². The number of fused-ring (bicyclic) bond motifs is 2. The lowest BCUT2D eigenvalue weighted by Crippen LogP contribution is -2.23. The first-order valence-corrected chi connectivity index (χ1v) is 11.7. The van der Waals surface area contributed by atoms with Crippen molar-refractivity contribution >= 4 is 22.5 Å². The minimum absolute atomic E-state index is 0.0881. The fourth-order valence-corrected chi connectivity index (χ4v) is 4.47. The van der Waals surface area contributed by atoms with Gasteiger partial charge in [0, 0.05) is 24.2 Å². The lowest BCUT2D eigenvalue weighted by Gasteiger charge is -2.18. The number of nitrogens with two attached hydrogens (primary N) is 1. The number of halogens is 2. The largest absolute Gasteiger partial charge is 0.467 e. The molecule has 0 aliphatic heterocycles. The Hall–Kier alpha value is -5.33. The summed E-state index contributed by atoms with van der Waals surface area (Å²) < 4.78 is 36.0. The molecule has 194 valence electrons. The normalized spacial score (nSPS) is 12.2. The molecule has 5 aromatic heterocycles. The molecule has 0 saturated heterocycles. The van der Waals surface area contributed by atoms with E-state index in [1.807, 2.05) is 0 Å². The van der Waals surface area contributed by atoms with Gasteiger partial charge in [-0.2, -0.15) is 5.10 Å². The van der Waals surface area contributed by atoms with Crippen LogP contribution in [0, 0.1) is 11.6 Å². The second kappa shape index (κ2) is 9.20. The van der Waals surface area contributed by atoms with Crippen molar-refractivity contribution in [1.82, 2.24) is 39.1 Å². The minimum atomic E-state index is -0.712. The Balaban J connectivity index is 1.63. The van der Waals surface area contributed by atoms with Crippen LogP contribution in [0.15, 0.2) is 66.1 Å². The van der Waals surface area contributed by atoms with Gasteiger partial charge >= 0.3 is 6.01 Å². The number of pyridine rings is 1. The summed E-state index contributed by atoms with van der Waals surface area (Å²) >= 11 is 0. The Labute approximate surface area is 218 Å². The van der Waals surface area contributed by atoms with Gasteiger partial charge in [0.25, 0.3) is 5.56 Å². The summed E-state index contributed by atoms with van der Waals surface area (Å²) in [5.41, 5.74) is 7.82. The lowest BCUT2D eigenvalue weighted by atomic mass is 10.0. The Bertz CT molecular complexity index is 1940. The maximum absolute atomic E-state index is 14.3. The average molecular weight is 527 g/mol. The summed E-state index contributed by atoms with van der Waals surface area (Å²) in [4.78, 5) is 35.2. The number of hydrogen-bond donors (Lipinski definition) is 1. The Morgan fingerprint density at radius 1 is 1.00 bits per heavy atom. The third-order valence-corrected chi connectivity index (χ3v) is 6.29. The summed E-state index contributed by atoms with van der Waals surface area (Å²) in [5, 5.41) is 5.21. The van der Waals surface area contributed by atoms with Gasteiger partial charge in [-0.25, -0.2) is 38.4 Å². The highest BCUT2D eigenvalue weighted by Crippen LogP contribution is 2.34. The third-order valence-electron chi connectivity index (χ3n) is 6.29. The number of nitrogen functional groups attached to an aromatic ring is 1. The van der Waals surface area contributed by atoms with Crippen molar-refractivity contribution in [2.24, 2.45) is 0 Å². The Kier molecular flexibility index (Phi) is 5.67. The van der Waals surface area contributed by atoms with E-state index in [-0.39, 0.29) is 34.3 Å². The van der Waals surface area contributed by atoms with Gasteiger partial charge in [0.15, 0.2) is 5.65 Å². The number of nitrogens with zero attached hydrogens (tertiary/aromatic N) is 8. The van der Waals surface area contributed by atoms with Gasteiger partial charge in [0.2, 0.25) is 0 Å². The fraction of sp³-hybridized carbons (Fsp3) is 0.115. The zero-order valence-corrected chi connectivity index (χ0v) is 20.6. The van der Waals surface area contributed by atoms with E-state index < -0.39 is 23.2 Å². The van der Waals surface area contributed by atoms with E-state index in [9.17, 15) is 13.6 Å². The summed E-state index contributed by atoms with van der Waals surface area (Å²) in [5.74, 6) is -0.979. The van der Waals surface area contributed by atoms with Crippen molar-refractivity contribution in [3.8, 4) is 28.4 Å². The van der Waals surface area contributed by atoms with Gasteiger partial charge in [0.1, 0.15) is 35.1 Å². The van der Waals surface area contributed by atoms with Crippen LogP contribution in [0.1, 0.15) is 18.7 Å². The van der Waals surface area contributed by atoms with E-state index in [1.165, 1.54) is 56.2 Å². The predicted molar refractivity (Wildman–Crippen MR) is 138 cm³/mol. The second-order valence-electron chi connectivity index (χ2n) is 8.65. The Morgan fingerprint density at radius 3 is 2.54 bits per heavy atom. The first kappa shape index (κ1) is 24.0. The number of ether oxygens (including phenoxy) is 1. The van der Waals surface area contributed by atoms with Crippen molar-refractivity contribution in [1.29, 1.82) is 0 Å². The molecule has 0 fully saturated rings. The van der Waals surface area contributed by atoms with Crippen LogP contribution in [0.2, 0.25) is 0 Å². The molecule has 0 bridgehead atoms. The third kappa shape index (κ3) is 4.00. The van der Waals surface area contributed by atoms with Crippen molar-refractivity contribution in [2.75, 3.05) is 12.8 Å². The van der Waals surface area contributed by atoms with Crippen LogP contribution in [-0.2, 0) is 0 Å². The highest BCUT2D eigenvalue weighted by molar-refractivity contribution is 5.98. The van der Waals surface area contributed by atoms with Crippen LogP contribution in [0.3, 0.4) is 0 Å². The monoisotopic (exact) mass is 527 g/mol. The van der Waals surface area contributed by atoms with Crippen LogP contribution in [-0.4, -0.2) is 46.2 Å². The van der Waals surface area contributed by atoms with E-state index in [0.29, 0.717) is 22.3 Å². The second-order valence-corrected chi connectivity index (χ2v) is 8.65. The molecule has 0 radical (unpaired) electrons. The zero-order chi connectivity index (χ0) is 27.3. The van der Waals surface area contributed by atoms with Gasteiger partial charge in [-0.1, -0.05) is 12.1 Å². The molecular weight excluding hydrogens is 508 g/mol. The number of benzene rings is 1. The molecule has 6 rings (SSSR count). The minimum Gasteiger partial charge on any atom is -0.467 e. The summed E-state index contributed by atoms with van der Waals surface area (Å²) in [6, 6.07) is 7.63. The number of rotatable bonds is 5. The van der Waals surface area contributed by atoms with Crippen LogP contribution in [0.4, 0.5) is 14.6 Å². The number of hydrogen-bond acceptors (Lipinski definition) is 9. The summed E-state index contributed by atoms with van der Waals surface area (Å²) in [6.45, 7) is 1.77. The van der Waals surface area contributed by atoms with Crippen LogP contribution >= 0.6 is 0 Å². The Morgan fingerprint density at radius 2 is 1.79 bits per heavy atom. The van der Waals surface area contributed by atoms with E-state index in [0.717, 1.165) is 10.6 Å². The van der Waals surface area contributed by atoms with Crippen LogP contribution < -0.4 is 16.0 Å².